The number of para-hydroxylation sites is 1. The molecule has 1 heterocycles. The topological polar surface area (TPSA) is 64.0 Å². The molecule has 0 fully saturated rings. The molecule has 1 aromatic carbocycles. The highest BCUT2D eigenvalue weighted by Gasteiger charge is 2.22. The maximum absolute atomic E-state index is 13.0. The Kier molecular flexibility index (Phi) is 7.48. The van der Waals surface area contributed by atoms with Gasteiger partial charge in [-0.05, 0) is 46.2 Å². The van der Waals surface area contributed by atoms with Crippen LogP contribution in [0.3, 0.4) is 0 Å². The molecule has 1 N–H and O–H groups in total. The molecule has 27 heavy (non-hydrogen) atoms. The Morgan fingerprint density at radius 1 is 1.22 bits per heavy atom. The maximum atomic E-state index is 13.0. The van der Waals surface area contributed by atoms with Gasteiger partial charge in [-0.2, -0.15) is 0 Å². The summed E-state index contributed by atoms with van der Waals surface area (Å²) in [5.41, 5.74) is 0.365. The van der Waals surface area contributed by atoms with Gasteiger partial charge in [-0.25, -0.2) is 4.98 Å². The first-order valence-electron chi connectivity index (χ1n) is 9.71. The lowest BCUT2D eigenvalue weighted by Gasteiger charge is -2.23. The minimum Gasteiger partial charge on any atom is -0.351 e. The zero-order chi connectivity index (χ0) is 20.0. The molecule has 0 bridgehead atoms. The molecule has 0 aliphatic rings. The predicted molar refractivity (Wildman–Crippen MR) is 113 cm³/mol. The van der Waals surface area contributed by atoms with Crippen LogP contribution < -0.4 is 10.9 Å². The number of hydrogen-bond acceptors (Lipinski definition) is 4. The molecule has 1 aromatic heterocycles. The fourth-order valence-electron chi connectivity index (χ4n) is 2.81. The van der Waals surface area contributed by atoms with Crippen LogP contribution in [-0.4, -0.2) is 26.2 Å². The zero-order valence-corrected chi connectivity index (χ0v) is 17.9. The number of nitrogens with one attached hydrogen (secondary N) is 1. The highest BCUT2D eigenvalue weighted by Crippen LogP contribution is 2.23. The molecule has 1 amide bonds. The molecule has 2 aromatic rings. The SMILES string of the molecule is CCCCCCn1c(SC(C)C(=O)NC(C)(C)C)nc2ccccc2c1=O. The van der Waals surface area contributed by atoms with Gasteiger partial charge < -0.3 is 5.32 Å². The summed E-state index contributed by atoms with van der Waals surface area (Å²) in [4.78, 5) is 30.2. The lowest BCUT2D eigenvalue weighted by atomic mass is 10.1. The molecule has 2 rings (SSSR count). The molecule has 0 saturated heterocycles. The van der Waals surface area contributed by atoms with Crippen molar-refractivity contribution in [1.82, 2.24) is 14.9 Å². The predicted octanol–water partition coefficient (Wildman–Crippen LogP) is 4.37. The molecule has 1 unspecified atom stereocenters. The van der Waals surface area contributed by atoms with Gasteiger partial charge in [0.1, 0.15) is 0 Å². The molecule has 6 heteroatoms. The number of thioether (sulfide) groups is 1. The Hall–Kier alpha value is -1.82. The monoisotopic (exact) mass is 389 g/mol. The van der Waals surface area contributed by atoms with Crippen molar-refractivity contribution < 1.29 is 4.79 Å². The van der Waals surface area contributed by atoms with Crippen molar-refractivity contribution in [2.75, 3.05) is 0 Å². The number of aromatic nitrogens is 2. The summed E-state index contributed by atoms with van der Waals surface area (Å²) in [5.74, 6) is -0.0487. The van der Waals surface area contributed by atoms with Gasteiger partial charge in [0.15, 0.2) is 5.16 Å². The van der Waals surface area contributed by atoms with E-state index in [1.807, 2.05) is 52.0 Å². The number of fused-ring (bicyclic) bond motifs is 1. The molecule has 0 aliphatic carbocycles. The fraction of sp³-hybridized carbons (Fsp3) is 0.571. The molecule has 0 spiro atoms. The third-order valence-corrected chi connectivity index (χ3v) is 5.30. The van der Waals surface area contributed by atoms with E-state index in [4.69, 9.17) is 4.98 Å². The molecule has 0 radical (unpaired) electrons. The van der Waals surface area contributed by atoms with E-state index in [0.717, 1.165) is 25.7 Å². The van der Waals surface area contributed by atoms with Crippen LogP contribution in [-0.2, 0) is 11.3 Å². The third-order valence-electron chi connectivity index (χ3n) is 4.21. The van der Waals surface area contributed by atoms with Crippen molar-refractivity contribution in [3.63, 3.8) is 0 Å². The molecule has 0 aliphatic heterocycles. The van der Waals surface area contributed by atoms with Gasteiger partial charge in [-0.3, -0.25) is 14.2 Å². The number of nitrogens with zero attached hydrogens (tertiary/aromatic N) is 2. The van der Waals surface area contributed by atoms with Crippen LogP contribution in [0.25, 0.3) is 10.9 Å². The fourth-order valence-corrected chi connectivity index (χ4v) is 3.75. The number of benzene rings is 1. The van der Waals surface area contributed by atoms with Gasteiger partial charge in [0, 0.05) is 12.1 Å². The molecule has 148 valence electrons. The number of hydrogen-bond donors (Lipinski definition) is 1. The molecule has 0 saturated carbocycles. The van der Waals surface area contributed by atoms with E-state index in [1.54, 1.807) is 4.57 Å². The summed E-state index contributed by atoms with van der Waals surface area (Å²) in [6, 6.07) is 7.41. The highest BCUT2D eigenvalue weighted by molar-refractivity contribution is 8.00. The van der Waals surface area contributed by atoms with Gasteiger partial charge in [0.2, 0.25) is 5.91 Å². The number of rotatable bonds is 8. The minimum absolute atomic E-state index is 0.0250. The summed E-state index contributed by atoms with van der Waals surface area (Å²) in [5, 5.41) is 3.91. The van der Waals surface area contributed by atoms with Gasteiger partial charge in [-0.1, -0.05) is 50.1 Å². The molecular weight excluding hydrogens is 358 g/mol. The van der Waals surface area contributed by atoms with Crippen molar-refractivity contribution in [2.45, 2.75) is 82.8 Å². The van der Waals surface area contributed by atoms with Crippen LogP contribution in [0.1, 0.15) is 60.3 Å². The van der Waals surface area contributed by atoms with Crippen LogP contribution in [0.5, 0.6) is 0 Å². The van der Waals surface area contributed by atoms with Crippen LogP contribution in [0.4, 0.5) is 0 Å². The quantitative estimate of drug-likeness (QED) is 0.414. The largest absolute Gasteiger partial charge is 0.351 e. The van der Waals surface area contributed by atoms with Crippen LogP contribution in [0.15, 0.2) is 34.2 Å². The summed E-state index contributed by atoms with van der Waals surface area (Å²) in [6.45, 7) is 10.5. The van der Waals surface area contributed by atoms with E-state index in [1.165, 1.54) is 11.8 Å². The van der Waals surface area contributed by atoms with Crippen molar-refractivity contribution in [3.8, 4) is 0 Å². The minimum atomic E-state index is -0.334. The summed E-state index contributed by atoms with van der Waals surface area (Å²) >= 11 is 1.35. The van der Waals surface area contributed by atoms with E-state index in [2.05, 4.69) is 12.2 Å². The second-order valence-electron chi connectivity index (χ2n) is 7.93. The standard InChI is InChI=1S/C21H31N3O2S/c1-6-7-8-11-14-24-19(26)16-12-9-10-13-17(16)22-20(24)27-15(2)18(25)23-21(3,4)5/h9-10,12-13,15H,6-8,11,14H2,1-5H3,(H,23,25). The van der Waals surface area contributed by atoms with Gasteiger partial charge in [-0.15, -0.1) is 0 Å². The second kappa shape index (κ2) is 9.40. The smallest absolute Gasteiger partial charge is 0.262 e. The van der Waals surface area contributed by atoms with Gasteiger partial charge in [0.05, 0.1) is 16.2 Å². The zero-order valence-electron chi connectivity index (χ0n) is 17.0. The van der Waals surface area contributed by atoms with E-state index in [-0.39, 0.29) is 22.3 Å². The molecular formula is C21H31N3O2S. The number of carbonyl (C=O) groups excluding carboxylic acids is 1. The Labute approximate surface area is 166 Å². The van der Waals surface area contributed by atoms with Crippen molar-refractivity contribution in [3.05, 3.63) is 34.6 Å². The molecule has 5 nitrogen and oxygen atoms in total. The van der Waals surface area contributed by atoms with Crippen molar-refractivity contribution in [1.29, 1.82) is 0 Å². The van der Waals surface area contributed by atoms with Crippen molar-refractivity contribution >= 4 is 28.6 Å². The number of amides is 1. The normalized spacial score (nSPS) is 12.9. The Morgan fingerprint density at radius 3 is 2.59 bits per heavy atom. The highest BCUT2D eigenvalue weighted by atomic mass is 32.2. The van der Waals surface area contributed by atoms with E-state index in [9.17, 15) is 9.59 Å². The van der Waals surface area contributed by atoms with Crippen LogP contribution in [0, 0.1) is 0 Å². The average molecular weight is 390 g/mol. The Morgan fingerprint density at radius 2 is 1.93 bits per heavy atom. The van der Waals surface area contributed by atoms with Gasteiger partial charge in [0.25, 0.3) is 5.56 Å². The Balaban J connectivity index is 2.32. The Bertz CT molecular complexity index is 839. The van der Waals surface area contributed by atoms with Gasteiger partial charge >= 0.3 is 0 Å². The molecule has 1 atom stereocenters. The van der Waals surface area contributed by atoms with E-state index >= 15 is 0 Å². The first-order chi connectivity index (χ1) is 12.7. The third kappa shape index (κ3) is 6.09. The van der Waals surface area contributed by atoms with Crippen molar-refractivity contribution in [2.24, 2.45) is 0 Å². The number of unbranched alkanes of at least 4 members (excludes halogenated alkanes) is 3. The number of carbonyl (C=O) groups is 1. The summed E-state index contributed by atoms with van der Waals surface area (Å²) < 4.78 is 1.74. The van der Waals surface area contributed by atoms with Crippen LogP contribution >= 0.6 is 11.8 Å². The average Bonchev–Trinajstić information content (AvgIpc) is 2.59. The van der Waals surface area contributed by atoms with E-state index < -0.39 is 0 Å². The lowest BCUT2D eigenvalue weighted by molar-refractivity contribution is -0.121. The van der Waals surface area contributed by atoms with Crippen LogP contribution in [0.2, 0.25) is 0 Å². The summed E-state index contributed by atoms with van der Waals surface area (Å²) in [6.07, 6.45) is 4.32. The lowest BCUT2D eigenvalue weighted by Crippen LogP contribution is -2.44. The maximum Gasteiger partial charge on any atom is 0.262 e. The van der Waals surface area contributed by atoms with E-state index in [0.29, 0.717) is 22.6 Å². The first kappa shape index (κ1) is 21.5. The second-order valence-corrected chi connectivity index (χ2v) is 9.24. The summed E-state index contributed by atoms with van der Waals surface area (Å²) in [7, 11) is 0. The first-order valence-corrected chi connectivity index (χ1v) is 10.6.